The number of hydrogen-bond donors (Lipinski definition) is 1. The Balaban J connectivity index is 2.88. The summed E-state index contributed by atoms with van der Waals surface area (Å²) in [4.78, 5) is 16.6. The second-order valence-electron chi connectivity index (χ2n) is 5.35. The predicted molar refractivity (Wildman–Crippen MR) is 71.0 cm³/mol. The van der Waals surface area contributed by atoms with Gasteiger partial charge in [-0.05, 0) is 47.2 Å². The lowest BCUT2D eigenvalue weighted by molar-refractivity contribution is -0.135. The van der Waals surface area contributed by atoms with E-state index in [1.54, 1.807) is 0 Å². The average molecular weight is 241 g/mol. The molecule has 4 heteroatoms. The van der Waals surface area contributed by atoms with Gasteiger partial charge in [0.1, 0.15) is 0 Å². The molecule has 1 rings (SSSR count). The van der Waals surface area contributed by atoms with Crippen molar-refractivity contribution < 1.29 is 4.79 Å². The van der Waals surface area contributed by atoms with Crippen molar-refractivity contribution in [1.29, 1.82) is 0 Å². The van der Waals surface area contributed by atoms with E-state index in [-0.39, 0.29) is 11.9 Å². The van der Waals surface area contributed by atoms with E-state index in [2.05, 4.69) is 31.0 Å². The van der Waals surface area contributed by atoms with Crippen molar-refractivity contribution in [1.82, 2.24) is 15.1 Å². The molecule has 1 amide bonds. The van der Waals surface area contributed by atoms with Crippen LogP contribution in [0.25, 0.3) is 0 Å². The van der Waals surface area contributed by atoms with Gasteiger partial charge in [-0.2, -0.15) is 0 Å². The van der Waals surface area contributed by atoms with Crippen LogP contribution in [0.2, 0.25) is 0 Å². The third-order valence-corrected chi connectivity index (χ3v) is 3.68. The first-order chi connectivity index (χ1) is 7.99. The van der Waals surface area contributed by atoms with Crippen LogP contribution < -0.4 is 5.32 Å². The number of nitrogens with one attached hydrogen (secondary N) is 1. The van der Waals surface area contributed by atoms with E-state index >= 15 is 0 Å². The van der Waals surface area contributed by atoms with Gasteiger partial charge in [-0.1, -0.05) is 0 Å². The minimum Gasteiger partial charge on any atom is -0.344 e. The van der Waals surface area contributed by atoms with Crippen LogP contribution in [-0.4, -0.2) is 61.0 Å². The van der Waals surface area contributed by atoms with Crippen molar-refractivity contribution in [2.75, 3.05) is 27.2 Å². The molecule has 1 fully saturated rings. The molecule has 1 heterocycles. The number of carbonyl (C=O) groups is 1. The van der Waals surface area contributed by atoms with Crippen LogP contribution in [0.4, 0.5) is 0 Å². The van der Waals surface area contributed by atoms with E-state index in [1.165, 1.54) is 0 Å². The minimum absolute atomic E-state index is 0.0324. The van der Waals surface area contributed by atoms with Crippen LogP contribution in [0.5, 0.6) is 0 Å². The maximum atomic E-state index is 12.4. The lowest BCUT2D eigenvalue weighted by Crippen LogP contribution is -2.51. The fourth-order valence-corrected chi connectivity index (χ4v) is 2.75. The maximum absolute atomic E-state index is 12.4. The topological polar surface area (TPSA) is 35.6 Å². The van der Waals surface area contributed by atoms with Gasteiger partial charge in [0, 0.05) is 25.7 Å². The van der Waals surface area contributed by atoms with E-state index in [1.807, 2.05) is 19.0 Å². The molecule has 2 atom stereocenters. The zero-order valence-electron chi connectivity index (χ0n) is 11.9. The number of hydrogen-bond acceptors (Lipinski definition) is 3. The van der Waals surface area contributed by atoms with Crippen molar-refractivity contribution in [2.24, 2.45) is 0 Å². The van der Waals surface area contributed by atoms with Crippen LogP contribution in [0, 0.1) is 0 Å². The highest BCUT2D eigenvalue weighted by molar-refractivity contribution is 5.82. The molecule has 0 radical (unpaired) electrons. The van der Waals surface area contributed by atoms with Gasteiger partial charge in [0.2, 0.25) is 5.91 Å². The van der Waals surface area contributed by atoms with Gasteiger partial charge >= 0.3 is 0 Å². The van der Waals surface area contributed by atoms with Gasteiger partial charge in [0.25, 0.3) is 0 Å². The predicted octanol–water partition coefficient (Wildman–Crippen LogP) is 0.926. The Bertz CT molecular complexity index is 255. The Kier molecular flexibility index (Phi) is 5.40. The van der Waals surface area contributed by atoms with Crippen molar-refractivity contribution in [3.8, 4) is 0 Å². The summed E-state index contributed by atoms with van der Waals surface area (Å²) in [6.07, 6.45) is 1.96. The molecule has 17 heavy (non-hydrogen) atoms. The summed E-state index contributed by atoms with van der Waals surface area (Å²) in [5.41, 5.74) is 0. The van der Waals surface area contributed by atoms with Crippen molar-refractivity contribution in [3.05, 3.63) is 0 Å². The molecular weight excluding hydrogens is 214 g/mol. The minimum atomic E-state index is 0.0324. The number of rotatable bonds is 4. The fraction of sp³-hybridized carbons (Fsp3) is 0.923. The second-order valence-corrected chi connectivity index (χ2v) is 5.35. The lowest BCUT2D eigenvalue weighted by Gasteiger charge is -2.36. The molecule has 1 N–H and O–H groups in total. The molecular formula is C13H27N3O. The Morgan fingerprint density at radius 3 is 2.65 bits per heavy atom. The maximum Gasteiger partial charge on any atom is 0.239 e. The van der Waals surface area contributed by atoms with Crippen LogP contribution in [0.1, 0.15) is 33.6 Å². The number of nitrogens with zero attached hydrogens (tertiary/aromatic N) is 2. The van der Waals surface area contributed by atoms with E-state index in [4.69, 9.17) is 0 Å². The zero-order chi connectivity index (χ0) is 13.0. The Morgan fingerprint density at radius 1 is 1.47 bits per heavy atom. The molecule has 0 spiro atoms. The fourth-order valence-electron chi connectivity index (χ4n) is 2.75. The normalized spacial score (nSPS) is 27.6. The van der Waals surface area contributed by atoms with Crippen LogP contribution in [0.3, 0.4) is 0 Å². The molecule has 2 unspecified atom stereocenters. The Labute approximate surface area is 105 Å². The Morgan fingerprint density at radius 2 is 2.12 bits per heavy atom. The number of carbonyl (C=O) groups excluding carboxylic acids is 1. The van der Waals surface area contributed by atoms with Crippen molar-refractivity contribution in [3.63, 3.8) is 0 Å². The number of likely N-dealkylation sites (N-methyl/N-ethyl adjacent to an activating group) is 1. The monoisotopic (exact) mass is 241 g/mol. The van der Waals surface area contributed by atoms with Crippen LogP contribution in [-0.2, 0) is 4.79 Å². The summed E-state index contributed by atoms with van der Waals surface area (Å²) in [6, 6.07) is 0.929. The molecule has 0 aromatic heterocycles. The van der Waals surface area contributed by atoms with Crippen LogP contribution in [0.15, 0.2) is 0 Å². The average Bonchev–Trinajstić information content (AvgIpc) is 2.38. The first kappa shape index (κ1) is 14.5. The molecule has 0 aromatic carbocycles. The highest BCUT2D eigenvalue weighted by Crippen LogP contribution is 2.21. The molecule has 100 valence electrons. The SMILES string of the molecule is CNCCC1C(=O)N(C)CCC(C)N1C(C)C. The third kappa shape index (κ3) is 3.42. The second kappa shape index (κ2) is 6.36. The molecule has 0 bridgehead atoms. The zero-order valence-corrected chi connectivity index (χ0v) is 11.9. The standard InChI is InChI=1S/C13H27N3O/c1-10(2)16-11(3)7-9-15(5)13(17)12(16)6-8-14-4/h10-12,14H,6-9H2,1-5H3. The van der Waals surface area contributed by atoms with E-state index < -0.39 is 0 Å². The third-order valence-electron chi connectivity index (χ3n) is 3.68. The van der Waals surface area contributed by atoms with E-state index in [0.717, 1.165) is 25.9 Å². The summed E-state index contributed by atoms with van der Waals surface area (Å²) in [5.74, 6) is 0.276. The largest absolute Gasteiger partial charge is 0.344 e. The summed E-state index contributed by atoms with van der Waals surface area (Å²) < 4.78 is 0. The summed E-state index contributed by atoms with van der Waals surface area (Å²) >= 11 is 0. The molecule has 0 aromatic rings. The Hall–Kier alpha value is -0.610. The van der Waals surface area contributed by atoms with Crippen LogP contribution >= 0.6 is 0 Å². The van der Waals surface area contributed by atoms with Gasteiger partial charge in [-0.15, -0.1) is 0 Å². The summed E-state index contributed by atoms with van der Waals surface area (Å²) in [7, 11) is 3.86. The van der Waals surface area contributed by atoms with Gasteiger partial charge in [0.05, 0.1) is 6.04 Å². The van der Waals surface area contributed by atoms with Gasteiger partial charge in [-0.25, -0.2) is 0 Å². The molecule has 0 saturated carbocycles. The van der Waals surface area contributed by atoms with Gasteiger partial charge in [0.15, 0.2) is 0 Å². The van der Waals surface area contributed by atoms with E-state index in [0.29, 0.717) is 12.1 Å². The molecule has 1 aliphatic rings. The number of amides is 1. The smallest absolute Gasteiger partial charge is 0.239 e. The molecule has 1 aliphatic heterocycles. The quantitative estimate of drug-likeness (QED) is 0.795. The first-order valence-corrected chi connectivity index (χ1v) is 6.66. The van der Waals surface area contributed by atoms with Gasteiger partial charge < -0.3 is 10.2 Å². The molecule has 4 nitrogen and oxygen atoms in total. The molecule has 1 saturated heterocycles. The van der Waals surface area contributed by atoms with E-state index in [9.17, 15) is 4.79 Å². The highest BCUT2D eigenvalue weighted by Gasteiger charge is 2.35. The van der Waals surface area contributed by atoms with Crippen molar-refractivity contribution >= 4 is 5.91 Å². The lowest BCUT2D eigenvalue weighted by atomic mass is 10.1. The van der Waals surface area contributed by atoms with Crippen molar-refractivity contribution in [2.45, 2.75) is 51.7 Å². The summed E-state index contributed by atoms with van der Waals surface area (Å²) in [6.45, 7) is 8.36. The first-order valence-electron chi connectivity index (χ1n) is 6.66. The summed E-state index contributed by atoms with van der Waals surface area (Å²) in [5, 5.41) is 3.15. The van der Waals surface area contributed by atoms with Gasteiger partial charge in [-0.3, -0.25) is 9.69 Å². The highest BCUT2D eigenvalue weighted by atomic mass is 16.2. The molecule has 0 aliphatic carbocycles.